The predicted octanol–water partition coefficient (Wildman–Crippen LogP) is 3.02. The molecule has 0 radical (unpaired) electrons. The van der Waals surface area contributed by atoms with Crippen molar-refractivity contribution in [3.05, 3.63) is 53.9 Å². The second-order valence-corrected chi connectivity index (χ2v) is 8.58. The van der Waals surface area contributed by atoms with Gasteiger partial charge in [-0.1, -0.05) is 13.0 Å². The average Bonchev–Trinajstić information content (AvgIpc) is 3.27. The molecular formula is C25H34N4O3. The summed E-state index contributed by atoms with van der Waals surface area (Å²) in [5, 5.41) is 3.19. The molecule has 7 heteroatoms. The minimum Gasteiger partial charge on any atom is -0.497 e. The van der Waals surface area contributed by atoms with Crippen LogP contribution in [0.15, 0.2) is 42.7 Å². The maximum atomic E-state index is 13.2. The van der Waals surface area contributed by atoms with Crippen molar-refractivity contribution in [2.75, 3.05) is 39.8 Å². The predicted molar refractivity (Wildman–Crippen MR) is 124 cm³/mol. The molecule has 1 aromatic heterocycles. The van der Waals surface area contributed by atoms with Crippen LogP contribution in [-0.2, 0) is 11.3 Å². The Morgan fingerprint density at radius 3 is 2.88 bits per heavy atom. The van der Waals surface area contributed by atoms with Crippen molar-refractivity contribution in [2.45, 2.75) is 44.9 Å². The zero-order chi connectivity index (χ0) is 22.3. The average molecular weight is 439 g/mol. The second kappa shape index (κ2) is 10.8. The number of hydrogen-bond acceptors (Lipinski definition) is 6. The van der Waals surface area contributed by atoms with Gasteiger partial charge in [-0.25, -0.2) is 0 Å². The van der Waals surface area contributed by atoms with E-state index in [-0.39, 0.29) is 18.1 Å². The lowest BCUT2D eigenvalue weighted by molar-refractivity contribution is -0.126. The van der Waals surface area contributed by atoms with Gasteiger partial charge in [-0.2, -0.15) is 0 Å². The van der Waals surface area contributed by atoms with Gasteiger partial charge in [0.15, 0.2) is 0 Å². The maximum absolute atomic E-state index is 13.2. The van der Waals surface area contributed by atoms with Crippen molar-refractivity contribution in [2.24, 2.45) is 0 Å². The van der Waals surface area contributed by atoms with E-state index in [4.69, 9.17) is 9.47 Å². The number of rotatable bonds is 8. The Morgan fingerprint density at radius 1 is 1.31 bits per heavy atom. The highest BCUT2D eigenvalue weighted by molar-refractivity contribution is 5.83. The fraction of sp³-hybridized carbons (Fsp3) is 0.520. The summed E-state index contributed by atoms with van der Waals surface area (Å²) >= 11 is 0. The Kier molecular flexibility index (Phi) is 7.60. The lowest BCUT2D eigenvalue weighted by Gasteiger charge is -2.27. The van der Waals surface area contributed by atoms with Gasteiger partial charge < -0.3 is 14.8 Å². The summed E-state index contributed by atoms with van der Waals surface area (Å²) in [4.78, 5) is 22.1. The standard InChI is InChI=1S/C25H34N4O3/c1-3-21-18-28(17-20-15-22(31-2)8-9-23(20)32-21)14-11-27-25(30)24(29-12-4-5-13-29)19-7-6-10-26-16-19/h6-10,15-16,21,24H,3-5,11-14,17-18H2,1-2H3,(H,27,30). The maximum Gasteiger partial charge on any atom is 0.242 e. The molecule has 2 aliphatic heterocycles. The molecule has 172 valence electrons. The Labute approximate surface area is 190 Å². The summed E-state index contributed by atoms with van der Waals surface area (Å²) in [6.45, 7) is 7.02. The molecule has 2 atom stereocenters. The molecule has 0 saturated carbocycles. The van der Waals surface area contributed by atoms with Gasteiger partial charge in [0.25, 0.3) is 0 Å². The van der Waals surface area contributed by atoms with E-state index in [0.29, 0.717) is 6.54 Å². The lowest BCUT2D eigenvalue weighted by atomic mass is 10.1. The third-order valence-electron chi connectivity index (χ3n) is 6.35. The van der Waals surface area contributed by atoms with Crippen LogP contribution >= 0.6 is 0 Å². The zero-order valence-corrected chi connectivity index (χ0v) is 19.1. The number of likely N-dealkylation sites (tertiary alicyclic amines) is 1. The number of pyridine rings is 1. The van der Waals surface area contributed by atoms with E-state index in [1.807, 2.05) is 36.5 Å². The largest absolute Gasteiger partial charge is 0.497 e. The summed E-state index contributed by atoms with van der Waals surface area (Å²) in [5.41, 5.74) is 2.08. The number of carbonyl (C=O) groups is 1. The number of methoxy groups -OCH3 is 1. The lowest BCUT2D eigenvalue weighted by Crippen LogP contribution is -2.43. The molecule has 1 amide bonds. The van der Waals surface area contributed by atoms with Crippen LogP contribution in [0.1, 0.15) is 43.4 Å². The SMILES string of the molecule is CCC1CN(CCNC(=O)C(c2cccnc2)N2CCCC2)Cc2cc(OC)ccc2O1. The first-order chi connectivity index (χ1) is 15.7. The van der Waals surface area contributed by atoms with Crippen molar-refractivity contribution in [1.82, 2.24) is 20.1 Å². The smallest absolute Gasteiger partial charge is 0.242 e. The van der Waals surface area contributed by atoms with Crippen molar-refractivity contribution in [3.63, 3.8) is 0 Å². The normalized spacial score (nSPS) is 20.1. The molecule has 2 aliphatic rings. The van der Waals surface area contributed by atoms with E-state index in [1.165, 1.54) is 0 Å². The number of ether oxygens (including phenoxy) is 2. The first kappa shape index (κ1) is 22.6. The van der Waals surface area contributed by atoms with E-state index in [1.54, 1.807) is 13.3 Å². The van der Waals surface area contributed by atoms with Gasteiger partial charge in [0.2, 0.25) is 5.91 Å². The number of nitrogens with one attached hydrogen (secondary N) is 1. The molecule has 1 aromatic carbocycles. The monoisotopic (exact) mass is 438 g/mol. The van der Waals surface area contributed by atoms with Crippen LogP contribution in [0.2, 0.25) is 0 Å². The van der Waals surface area contributed by atoms with Gasteiger partial charge in [-0.15, -0.1) is 0 Å². The van der Waals surface area contributed by atoms with Crippen LogP contribution < -0.4 is 14.8 Å². The van der Waals surface area contributed by atoms with Gasteiger partial charge in [0, 0.05) is 44.1 Å². The topological polar surface area (TPSA) is 66.9 Å². The number of amides is 1. The molecule has 0 bridgehead atoms. The van der Waals surface area contributed by atoms with Crippen molar-refractivity contribution in [1.29, 1.82) is 0 Å². The quantitative estimate of drug-likeness (QED) is 0.684. The third-order valence-corrected chi connectivity index (χ3v) is 6.35. The molecule has 2 aromatic rings. The highest BCUT2D eigenvalue weighted by Gasteiger charge is 2.30. The van der Waals surface area contributed by atoms with Gasteiger partial charge >= 0.3 is 0 Å². The summed E-state index contributed by atoms with van der Waals surface area (Å²) in [5.74, 6) is 1.82. The summed E-state index contributed by atoms with van der Waals surface area (Å²) in [6, 6.07) is 9.61. The minimum atomic E-state index is -0.271. The van der Waals surface area contributed by atoms with E-state index in [2.05, 4.69) is 27.0 Å². The molecule has 3 heterocycles. The summed E-state index contributed by atoms with van der Waals surface area (Å²) in [6.07, 6.45) is 6.91. The molecule has 0 spiro atoms. The molecule has 1 fully saturated rings. The first-order valence-corrected chi connectivity index (χ1v) is 11.7. The Hall–Kier alpha value is -2.64. The number of nitrogens with zero attached hydrogens (tertiary/aromatic N) is 3. The molecule has 4 rings (SSSR count). The highest BCUT2D eigenvalue weighted by Crippen LogP contribution is 2.29. The van der Waals surface area contributed by atoms with Crippen molar-refractivity contribution >= 4 is 5.91 Å². The molecule has 1 N–H and O–H groups in total. The molecule has 2 unspecified atom stereocenters. The Morgan fingerprint density at radius 2 is 2.16 bits per heavy atom. The fourth-order valence-corrected chi connectivity index (χ4v) is 4.61. The number of fused-ring (bicyclic) bond motifs is 1. The molecule has 32 heavy (non-hydrogen) atoms. The Balaban J connectivity index is 1.40. The number of carbonyl (C=O) groups excluding carboxylic acids is 1. The van der Waals surface area contributed by atoms with E-state index < -0.39 is 0 Å². The Bertz CT molecular complexity index is 886. The number of aromatic nitrogens is 1. The molecule has 0 aliphatic carbocycles. The number of hydrogen-bond donors (Lipinski definition) is 1. The minimum absolute atomic E-state index is 0.0556. The van der Waals surface area contributed by atoms with Gasteiger partial charge in [-0.3, -0.25) is 19.6 Å². The van der Waals surface area contributed by atoms with E-state index in [9.17, 15) is 4.79 Å². The van der Waals surface area contributed by atoms with Crippen LogP contribution in [0.5, 0.6) is 11.5 Å². The third kappa shape index (κ3) is 5.40. The van der Waals surface area contributed by atoms with Crippen molar-refractivity contribution < 1.29 is 14.3 Å². The number of benzene rings is 1. The highest BCUT2D eigenvalue weighted by atomic mass is 16.5. The van der Waals surface area contributed by atoms with Gasteiger partial charge in [0.05, 0.1) is 7.11 Å². The van der Waals surface area contributed by atoms with E-state index >= 15 is 0 Å². The van der Waals surface area contributed by atoms with Crippen LogP contribution in [0, 0.1) is 0 Å². The molecule has 1 saturated heterocycles. The fourth-order valence-electron chi connectivity index (χ4n) is 4.61. The van der Waals surface area contributed by atoms with Gasteiger partial charge in [-0.05, 0) is 62.2 Å². The van der Waals surface area contributed by atoms with Crippen LogP contribution in [-0.4, -0.2) is 66.6 Å². The van der Waals surface area contributed by atoms with E-state index in [0.717, 1.165) is 74.6 Å². The first-order valence-electron chi connectivity index (χ1n) is 11.7. The van der Waals surface area contributed by atoms with Crippen LogP contribution in [0.4, 0.5) is 0 Å². The zero-order valence-electron chi connectivity index (χ0n) is 19.1. The van der Waals surface area contributed by atoms with Gasteiger partial charge in [0.1, 0.15) is 23.6 Å². The summed E-state index contributed by atoms with van der Waals surface area (Å²) in [7, 11) is 1.68. The van der Waals surface area contributed by atoms with Crippen LogP contribution in [0.25, 0.3) is 0 Å². The molecule has 7 nitrogen and oxygen atoms in total. The van der Waals surface area contributed by atoms with Crippen LogP contribution in [0.3, 0.4) is 0 Å². The van der Waals surface area contributed by atoms with Crippen molar-refractivity contribution in [3.8, 4) is 11.5 Å². The molecular weight excluding hydrogens is 404 g/mol. The summed E-state index contributed by atoms with van der Waals surface area (Å²) < 4.78 is 11.6. The second-order valence-electron chi connectivity index (χ2n) is 8.58.